The van der Waals surface area contributed by atoms with E-state index in [2.05, 4.69) is 10.6 Å². The second kappa shape index (κ2) is 7.73. The molecule has 21 heavy (non-hydrogen) atoms. The van der Waals surface area contributed by atoms with Crippen LogP contribution >= 0.6 is 0 Å². The standard InChI is InChI=1S/C13H17N3O5/c1-3-15-13(19)16-11(17)7-21-10-5-4-8(20-2)6-9(10)12(14)18/h4-6H,3,7H2,1-2H3,(H2,14,18)(H2,15,16,17,19). The summed E-state index contributed by atoms with van der Waals surface area (Å²) < 4.78 is 10.2. The van der Waals surface area contributed by atoms with Gasteiger partial charge in [0.05, 0.1) is 12.7 Å². The lowest BCUT2D eigenvalue weighted by molar-refractivity contribution is -0.122. The number of hydrogen-bond donors (Lipinski definition) is 3. The number of nitrogens with one attached hydrogen (secondary N) is 2. The lowest BCUT2D eigenvalue weighted by Crippen LogP contribution is -2.41. The number of urea groups is 1. The highest BCUT2D eigenvalue weighted by Crippen LogP contribution is 2.23. The van der Waals surface area contributed by atoms with Crippen LogP contribution in [0, 0.1) is 0 Å². The van der Waals surface area contributed by atoms with Gasteiger partial charge in [-0.25, -0.2) is 4.79 Å². The Kier molecular flexibility index (Phi) is 5.99. The Morgan fingerprint density at radius 3 is 2.57 bits per heavy atom. The fraction of sp³-hybridized carbons (Fsp3) is 0.308. The molecule has 8 heteroatoms. The van der Waals surface area contributed by atoms with Crippen molar-refractivity contribution in [3.8, 4) is 11.5 Å². The number of methoxy groups -OCH3 is 1. The van der Waals surface area contributed by atoms with Crippen LogP contribution in [0.2, 0.25) is 0 Å². The molecule has 0 unspecified atom stereocenters. The lowest BCUT2D eigenvalue weighted by atomic mass is 10.2. The van der Waals surface area contributed by atoms with Gasteiger partial charge in [-0.15, -0.1) is 0 Å². The fourth-order valence-electron chi connectivity index (χ4n) is 1.47. The van der Waals surface area contributed by atoms with Crippen LogP contribution in [0.5, 0.6) is 11.5 Å². The summed E-state index contributed by atoms with van der Waals surface area (Å²) in [5.41, 5.74) is 5.31. The van der Waals surface area contributed by atoms with Gasteiger partial charge in [0.2, 0.25) is 0 Å². The predicted octanol–water partition coefficient (Wildman–Crippen LogP) is 0.0186. The zero-order valence-electron chi connectivity index (χ0n) is 11.8. The Morgan fingerprint density at radius 1 is 1.29 bits per heavy atom. The van der Waals surface area contributed by atoms with Crippen molar-refractivity contribution in [1.82, 2.24) is 10.6 Å². The third kappa shape index (κ3) is 5.01. The summed E-state index contributed by atoms with van der Waals surface area (Å²) in [5.74, 6) is -0.794. The second-order valence-electron chi connectivity index (χ2n) is 3.92. The smallest absolute Gasteiger partial charge is 0.321 e. The van der Waals surface area contributed by atoms with Gasteiger partial charge in [0.25, 0.3) is 11.8 Å². The minimum Gasteiger partial charge on any atom is -0.497 e. The van der Waals surface area contributed by atoms with Crippen molar-refractivity contribution in [2.75, 3.05) is 20.3 Å². The highest BCUT2D eigenvalue weighted by molar-refractivity contribution is 5.97. The number of hydrogen-bond acceptors (Lipinski definition) is 5. The van der Waals surface area contributed by atoms with E-state index in [1.807, 2.05) is 0 Å². The first kappa shape index (κ1) is 16.3. The Balaban J connectivity index is 2.68. The molecule has 8 nitrogen and oxygen atoms in total. The predicted molar refractivity (Wildman–Crippen MR) is 74.2 cm³/mol. The summed E-state index contributed by atoms with van der Waals surface area (Å²) in [7, 11) is 1.44. The third-order valence-electron chi connectivity index (χ3n) is 2.40. The molecule has 0 heterocycles. The van der Waals surface area contributed by atoms with Crippen molar-refractivity contribution >= 4 is 17.8 Å². The van der Waals surface area contributed by atoms with E-state index in [0.717, 1.165) is 0 Å². The number of rotatable bonds is 6. The summed E-state index contributed by atoms with van der Waals surface area (Å²) in [6.45, 7) is 1.69. The largest absolute Gasteiger partial charge is 0.497 e. The van der Waals surface area contributed by atoms with Crippen LogP contribution in [0.25, 0.3) is 0 Å². The molecule has 0 bridgehead atoms. The van der Waals surface area contributed by atoms with Gasteiger partial charge in [0.15, 0.2) is 6.61 Å². The zero-order valence-corrected chi connectivity index (χ0v) is 11.8. The first-order chi connectivity index (χ1) is 9.97. The number of benzene rings is 1. The number of imide groups is 1. The average Bonchev–Trinajstić information content (AvgIpc) is 2.45. The van der Waals surface area contributed by atoms with Crippen LogP contribution in [-0.4, -0.2) is 38.1 Å². The highest BCUT2D eigenvalue weighted by atomic mass is 16.5. The normalized spacial score (nSPS) is 9.62. The Labute approximate surface area is 121 Å². The molecule has 0 aromatic heterocycles. The molecule has 0 spiro atoms. The molecule has 4 N–H and O–H groups in total. The molecule has 0 saturated heterocycles. The van der Waals surface area contributed by atoms with Crippen LogP contribution in [0.3, 0.4) is 0 Å². The van der Waals surface area contributed by atoms with Crippen molar-refractivity contribution in [1.29, 1.82) is 0 Å². The molecule has 0 fully saturated rings. The third-order valence-corrected chi connectivity index (χ3v) is 2.40. The average molecular weight is 295 g/mol. The van der Waals surface area contributed by atoms with E-state index in [4.69, 9.17) is 15.2 Å². The van der Waals surface area contributed by atoms with Crippen molar-refractivity contribution < 1.29 is 23.9 Å². The summed E-state index contributed by atoms with van der Waals surface area (Å²) >= 11 is 0. The van der Waals surface area contributed by atoms with Gasteiger partial charge in [-0.05, 0) is 25.1 Å². The molecule has 0 saturated carbocycles. The minimum absolute atomic E-state index is 0.0835. The van der Waals surface area contributed by atoms with Crippen LogP contribution in [-0.2, 0) is 4.79 Å². The van der Waals surface area contributed by atoms with Crippen LogP contribution < -0.4 is 25.8 Å². The quantitative estimate of drug-likeness (QED) is 0.683. The van der Waals surface area contributed by atoms with E-state index in [1.165, 1.54) is 19.2 Å². The molecular formula is C13H17N3O5. The molecular weight excluding hydrogens is 278 g/mol. The van der Waals surface area contributed by atoms with Crippen LogP contribution in [0.1, 0.15) is 17.3 Å². The number of ether oxygens (including phenoxy) is 2. The van der Waals surface area contributed by atoms with Crippen molar-refractivity contribution in [2.45, 2.75) is 6.92 Å². The molecule has 1 aromatic carbocycles. The van der Waals surface area contributed by atoms with Crippen molar-refractivity contribution in [3.63, 3.8) is 0 Å². The number of carbonyl (C=O) groups is 3. The van der Waals surface area contributed by atoms with E-state index >= 15 is 0 Å². The molecule has 0 radical (unpaired) electrons. The molecule has 4 amide bonds. The maximum Gasteiger partial charge on any atom is 0.321 e. The van der Waals surface area contributed by atoms with Gasteiger partial charge in [0, 0.05) is 6.54 Å². The lowest BCUT2D eigenvalue weighted by Gasteiger charge is -2.11. The molecule has 0 aliphatic carbocycles. The summed E-state index contributed by atoms with van der Waals surface area (Å²) in [4.78, 5) is 33.9. The number of nitrogens with two attached hydrogens (primary N) is 1. The molecule has 114 valence electrons. The SMILES string of the molecule is CCNC(=O)NC(=O)COc1ccc(OC)cc1C(N)=O. The van der Waals surface area contributed by atoms with Gasteiger partial charge in [-0.2, -0.15) is 0 Å². The van der Waals surface area contributed by atoms with E-state index in [0.29, 0.717) is 12.3 Å². The molecule has 0 aliphatic heterocycles. The van der Waals surface area contributed by atoms with E-state index < -0.39 is 24.5 Å². The van der Waals surface area contributed by atoms with Crippen molar-refractivity contribution in [2.24, 2.45) is 5.73 Å². The minimum atomic E-state index is -0.715. The number of primary amides is 1. The van der Waals surface area contributed by atoms with E-state index in [1.54, 1.807) is 13.0 Å². The van der Waals surface area contributed by atoms with Crippen LogP contribution in [0.4, 0.5) is 4.79 Å². The van der Waals surface area contributed by atoms with Gasteiger partial charge in [0.1, 0.15) is 11.5 Å². The Bertz CT molecular complexity index is 545. The molecule has 1 aromatic rings. The van der Waals surface area contributed by atoms with Gasteiger partial charge < -0.3 is 20.5 Å². The number of amides is 4. The molecule has 0 aliphatic rings. The Hall–Kier alpha value is -2.77. The number of carbonyl (C=O) groups excluding carboxylic acids is 3. The monoisotopic (exact) mass is 295 g/mol. The van der Waals surface area contributed by atoms with E-state index in [-0.39, 0.29) is 11.3 Å². The summed E-state index contributed by atoms with van der Waals surface area (Å²) in [5, 5.41) is 4.47. The first-order valence-corrected chi connectivity index (χ1v) is 6.16. The highest BCUT2D eigenvalue weighted by Gasteiger charge is 2.13. The van der Waals surface area contributed by atoms with Gasteiger partial charge in [-0.3, -0.25) is 14.9 Å². The Morgan fingerprint density at radius 2 is 2.00 bits per heavy atom. The van der Waals surface area contributed by atoms with Crippen LogP contribution in [0.15, 0.2) is 18.2 Å². The maximum atomic E-state index is 11.5. The maximum absolute atomic E-state index is 11.5. The fourth-order valence-corrected chi connectivity index (χ4v) is 1.47. The van der Waals surface area contributed by atoms with Crippen molar-refractivity contribution in [3.05, 3.63) is 23.8 Å². The van der Waals surface area contributed by atoms with E-state index in [9.17, 15) is 14.4 Å². The topological polar surface area (TPSA) is 120 Å². The zero-order chi connectivity index (χ0) is 15.8. The van der Waals surface area contributed by atoms with Gasteiger partial charge in [-0.1, -0.05) is 0 Å². The molecule has 0 atom stereocenters. The molecule has 1 rings (SSSR count). The summed E-state index contributed by atoms with van der Waals surface area (Å²) in [6.07, 6.45) is 0. The van der Waals surface area contributed by atoms with Gasteiger partial charge >= 0.3 is 6.03 Å². The summed E-state index contributed by atoms with van der Waals surface area (Å²) in [6, 6.07) is 3.80. The second-order valence-corrected chi connectivity index (χ2v) is 3.92. The first-order valence-electron chi connectivity index (χ1n) is 6.16.